The van der Waals surface area contributed by atoms with Gasteiger partial charge in [-0.15, -0.1) is 0 Å². The smallest absolute Gasteiger partial charge is 0.224 e. The highest BCUT2D eigenvalue weighted by atomic mass is 16.5. The molecule has 144 valence electrons. The number of carbonyl (C=O) groups excluding carboxylic acids is 1. The first-order valence-electron chi connectivity index (χ1n) is 9.62. The van der Waals surface area contributed by atoms with Crippen molar-refractivity contribution in [1.29, 1.82) is 0 Å². The Bertz CT molecular complexity index is 777. The number of fused-ring (bicyclic) bond motifs is 1. The molecular weight excluding hydrogens is 340 g/mol. The van der Waals surface area contributed by atoms with Crippen molar-refractivity contribution in [2.75, 3.05) is 19.8 Å². The summed E-state index contributed by atoms with van der Waals surface area (Å²) < 4.78 is 11.4. The van der Waals surface area contributed by atoms with E-state index in [2.05, 4.69) is 6.07 Å². The van der Waals surface area contributed by atoms with Crippen LogP contribution in [0.1, 0.15) is 43.0 Å². The van der Waals surface area contributed by atoms with Crippen molar-refractivity contribution in [2.24, 2.45) is 5.73 Å². The van der Waals surface area contributed by atoms with Crippen LogP contribution >= 0.6 is 0 Å². The van der Waals surface area contributed by atoms with Crippen LogP contribution in [0, 0.1) is 0 Å². The van der Waals surface area contributed by atoms with Crippen LogP contribution in [0.15, 0.2) is 42.5 Å². The molecule has 5 nitrogen and oxygen atoms in total. The molecule has 2 aromatic rings. The Morgan fingerprint density at radius 2 is 1.70 bits per heavy atom. The molecule has 0 aliphatic carbocycles. The largest absolute Gasteiger partial charge is 0.490 e. The molecule has 0 saturated heterocycles. The third-order valence-electron chi connectivity index (χ3n) is 4.85. The Labute approximate surface area is 161 Å². The second-order valence-electron chi connectivity index (χ2n) is 6.72. The van der Waals surface area contributed by atoms with E-state index >= 15 is 0 Å². The lowest BCUT2D eigenvalue weighted by Crippen LogP contribution is -2.37. The number of nitrogens with zero attached hydrogens (tertiary/aromatic N) is 1. The molecule has 0 radical (unpaired) electrons. The van der Waals surface area contributed by atoms with Gasteiger partial charge in [0.15, 0.2) is 11.5 Å². The summed E-state index contributed by atoms with van der Waals surface area (Å²) in [5.41, 5.74) is 9.56. The maximum atomic E-state index is 12.8. The average molecular weight is 368 g/mol. The molecule has 1 heterocycles. The predicted molar refractivity (Wildman–Crippen MR) is 106 cm³/mol. The van der Waals surface area contributed by atoms with Crippen LogP contribution in [-0.2, 0) is 17.8 Å². The first-order valence-corrected chi connectivity index (χ1v) is 9.62. The lowest BCUT2D eigenvalue weighted by Gasteiger charge is -2.30. The molecule has 1 aliphatic heterocycles. The van der Waals surface area contributed by atoms with Crippen LogP contribution in [0.25, 0.3) is 0 Å². The molecule has 2 N–H and O–H groups in total. The fourth-order valence-corrected chi connectivity index (χ4v) is 3.45. The predicted octanol–water partition coefficient (Wildman–Crippen LogP) is 3.46. The summed E-state index contributed by atoms with van der Waals surface area (Å²) in [6.45, 7) is 6.38. The number of carbonyl (C=O) groups is 1. The van der Waals surface area contributed by atoms with E-state index in [-0.39, 0.29) is 11.9 Å². The number of benzene rings is 2. The van der Waals surface area contributed by atoms with E-state index in [1.807, 2.05) is 55.1 Å². The number of nitrogens with two attached hydrogens (primary N) is 1. The Kier molecular flexibility index (Phi) is 6.35. The lowest BCUT2D eigenvalue weighted by atomic mass is 9.97. The van der Waals surface area contributed by atoms with E-state index in [9.17, 15) is 4.79 Å². The topological polar surface area (TPSA) is 64.8 Å². The maximum Gasteiger partial charge on any atom is 0.224 e. The zero-order valence-electron chi connectivity index (χ0n) is 16.1. The lowest BCUT2D eigenvalue weighted by molar-refractivity contribution is -0.132. The quantitative estimate of drug-likeness (QED) is 0.813. The van der Waals surface area contributed by atoms with Gasteiger partial charge in [-0.05, 0) is 49.1 Å². The number of amides is 1. The van der Waals surface area contributed by atoms with Crippen molar-refractivity contribution >= 4 is 5.91 Å². The molecule has 0 saturated carbocycles. The van der Waals surface area contributed by atoms with Gasteiger partial charge in [0, 0.05) is 25.6 Å². The summed E-state index contributed by atoms with van der Waals surface area (Å²) in [6, 6.07) is 13.6. The van der Waals surface area contributed by atoms with Crippen molar-refractivity contribution < 1.29 is 14.3 Å². The normalized spacial score (nSPS) is 14.4. The summed E-state index contributed by atoms with van der Waals surface area (Å²) >= 11 is 0. The van der Waals surface area contributed by atoms with Gasteiger partial charge in [-0.2, -0.15) is 0 Å². The molecule has 0 bridgehead atoms. The minimum atomic E-state index is -0.278. The number of hydrogen-bond donors (Lipinski definition) is 1. The number of hydrogen-bond acceptors (Lipinski definition) is 4. The average Bonchev–Trinajstić information content (AvgIpc) is 2.69. The van der Waals surface area contributed by atoms with Crippen LogP contribution in [-0.4, -0.2) is 30.6 Å². The van der Waals surface area contributed by atoms with Crippen LogP contribution in [0.5, 0.6) is 11.5 Å². The van der Waals surface area contributed by atoms with Crippen LogP contribution < -0.4 is 15.2 Å². The van der Waals surface area contributed by atoms with Gasteiger partial charge >= 0.3 is 0 Å². The molecule has 0 spiro atoms. The van der Waals surface area contributed by atoms with Crippen LogP contribution in [0.3, 0.4) is 0 Å². The van der Waals surface area contributed by atoms with Crippen LogP contribution in [0.2, 0.25) is 0 Å². The van der Waals surface area contributed by atoms with Gasteiger partial charge in [-0.3, -0.25) is 4.79 Å². The molecule has 0 fully saturated rings. The standard InChI is InChI=1S/C22H28N2O3/c1-3-26-20-12-17-10-11-24(15-18(17)13-21(20)27-4-2)22(25)14-19(23)16-8-6-5-7-9-16/h5-9,12-13,19H,3-4,10-11,14-15,23H2,1-2H3. The summed E-state index contributed by atoms with van der Waals surface area (Å²) in [4.78, 5) is 14.7. The third kappa shape index (κ3) is 4.61. The minimum Gasteiger partial charge on any atom is -0.490 e. The van der Waals surface area contributed by atoms with Gasteiger partial charge in [0.05, 0.1) is 13.2 Å². The summed E-state index contributed by atoms with van der Waals surface area (Å²) in [6.07, 6.45) is 1.13. The van der Waals surface area contributed by atoms with E-state index in [0.717, 1.165) is 29.0 Å². The van der Waals surface area contributed by atoms with Crippen molar-refractivity contribution in [3.05, 3.63) is 59.2 Å². The molecule has 27 heavy (non-hydrogen) atoms. The Balaban J connectivity index is 1.71. The van der Waals surface area contributed by atoms with E-state index in [1.54, 1.807) is 0 Å². The SMILES string of the molecule is CCOc1cc2c(cc1OCC)CN(C(=O)CC(N)c1ccccc1)CC2. The van der Waals surface area contributed by atoms with Gasteiger partial charge < -0.3 is 20.1 Å². The first kappa shape index (κ1) is 19.2. The Morgan fingerprint density at radius 1 is 1.07 bits per heavy atom. The van der Waals surface area contributed by atoms with Gasteiger partial charge in [0.25, 0.3) is 0 Å². The van der Waals surface area contributed by atoms with Gasteiger partial charge in [-0.25, -0.2) is 0 Å². The highest BCUT2D eigenvalue weighted by molar-refractivity contribution is 5.77. The summed E-state index contributed by atoms with van der Waals surface area (Å²) in [5.74, 6) is 1.61. The fraction of sp³-hybridized carbons (Fsp3) is 0.409. The Hall–Kier alpha value is -2.53. The highest BCUT2D eigenvalue weighted by Crippen LogP contribution is 2.34. The number of ether oxygens (including phenoxy) is 2. The molecule has 2 aromatic carbocycles. The fourth-order valence-electron chi connectivity index (χ4n) is 3.45. The first-order chi connectivity index (χ1) is 13.1. The van der Waals surface area contributed by atoms with Crippen molar-refractivity contribution in [2.45, 2.75) is 39.3 Å². The van der Waals surface area contributed by atoms with Crippen molar-refractivity contribution in [3.63, 3.8) is 0 Å². The van der Waals surface area contributed by atoms with E-state index in [4.69, 9.17) is 15.2 Å². The zero-order valence-corrected chi connectivity index (χ0v) is 16.1. The second kappa shape index (κ2) is 8.91. The van der Waals surface area contributed by atoms with E-state index < -0.39 is 0 Å². The molecular formula is C22H28N2O3. The molecule has 1 amide bonds. The zero-order chi connectivity index (χ0) is 19.2. The van der Waals surface area contributed by atoms with Gasteiger partial charge in [0.2, 0.25) is 5.91 Å². The molecule has 1 unspecified atom stereocenters. The number of rotatable bonds is 7. The third-order valence-corrected chi connectivity index (χ3v) is 4.85. The molecule has 5 heteroatoms. The molecule has 0 aromatic heterocycles. The second-order valence-corrected chi connectivity index (χ2v) is 6.72. The molecule has 1 aliphatic rings. The van der Waals surface area contributed by atoms with Crippen molar-refractivity contribution in [3.8, 4) is 11.5 Å². The minimum absolute atomic E-state index is 0.0869. The van der Waals surface area contributed by atoms with E-state index in [1.165, 1.54) is 5.56 Å². The maximum absolute atomic E-state index is 12.8. The molecule has 1 atom stereocenters. The van der Waals surface area contributed by atoms with Gasteiger partial charge in [0.1, 0.15) is 0 Å². The van der Waals surface area contributed by atoms with Crippen molar-refractivity contribution in [1.82, 2.24) is 4.90 Å². The van der Waals surface area contributed by atoms with Gasteiger partial charge in [-0.1, -0.05) is 30.3 Å². The summed E-state index contributed by atoms with van der Waals surface area (Å²) in [5, 5.41) is 0. The Morgan fingerprint density at radius 3 is 2.33 bits per heavy atom. The monoisotopic (exact) mass is 368 g/mol. The van der Waals surface area contributed by atoms with Crippen LogP contribution in [0.4, 0.5) is 0 Å². The summed E-state index contributed by atoms with van der Waals surface area (Å²) in [7, 11) is 0. The van der Waals surface area contributed by atoms with E-state index in [0.29, 0.717) is 32.7 Å². The highest BCUT2D eigenvalue weighted by Gasteiger charge is 2.24. The molecule has 3 rings (SSSR count).